The smallest absolute Gasteiger partial charge is 0.314 e. The fraction of sp³-hybridized carbons (Fsp3) is 0.455. The molecule has 1 aliphatic heterocycles. The number of rotatable bonds is 5. The zero-order chi connectivity index (χ0) is 21.6. The Balaban J connectivity index is 1.52. The first kappa shape index (κ1) is 20.7. The summed E-state index contributed by atoms with van der Waals surface area (Å²) in [7, 11) is 0. The van der Waals surface area contributed by atoms with Crippen LogP contribution in [-0.4, -0.2) is 45.7 Å². The molecule has 0 atom stereocenters. The number of pyridine rings is 1. The predicted molar refractivity (Wildman–Crippen MR) is 113 cm³/mol. The molecule has 1 saturated carbocycles. The molecule has 3 aromatic rings. The summed E-state index contributed by atoms with van der Waals surface area (Å²) in [6.07, 6.45) is -0.0754. The average molecular weight is 450 g/mol. The van der Waals surface area contributed by atoms with Gasteiger partial charge in [-0.05, 0) is 47.6 Å². The molecule has 1 saturated heterocycles. The van der Waals surface area contributed by atoms with E-state index in [1.54, 1.807) is 18.3 Å². The van der Waals surface area contributed by atoms with Gasteiger partial charge in [0.05, 0.1) is 0 Å². The maximum Gasteiger partial charge on any atom is 0.420 e. The molecule has 0 unspecified atom stereocenters. The lowest BCUT2D eigenvalue weighted by Crippen LogP contribution is -2.42. The van der Waals surface area contributed by atoms with Gasteiger partial charge in [0.25, 0.3) is 0 Å². The van der Waals surface area contributed by atoms with Gasteiger partial charge in [-0.2, -0.15) is 13.2 Å². The summed E-state index contributed by atoms with van der Waals surface area (Å²) in [5, 5.41) is 11.7. The number of nitrogens with zero attached hydrogens (tertiary/aromatic N) is 4. The molecule has 9 heteroatoms. The lowest BCUT2D eigenvalue weighted by Gasteiger charge is -2.27. The van der Waals surface area contributed by atoms with E-state index in [1.165, 1.54) is 10.5 Å². The van der Waals surface area contributed by atoms with Gasteiger partial charge in [0.2, 0.25) is 0 Å². The number of alkyl halides is 3. The summed E-state index contributed by atoms with van der Waals surface area (Å²) < 4.78 is 43.8. The van der Waals surface area contributed by atoms with E-state index in [0.717, 1.165) is 44.6 Å². The molecule has 5 nitrogen and oxygen atoms in total. The van der Waals surface area contributed by atoms with E-state index in [-0.39, 0.29) is 11.2 Å². The lowest BCUT2D eigenvalue weighted by molar-refractivity contribution is -0.136. The number of nitrogens with one attached hydrogen (secondary N) is 1. The molecule has 31 heavy (non-hydrogen) atoms. The van der Waals surface area contributed by atoms with Crippen LogP contribution < -0.4 is 5.32 Å². The molecule has 3 heterocycles. The molecule has 0 amide bonds. The Morgan fingerprint density at radius 1 is 1.10 bits per heavy atom. The van der Waals surface area contributed by atoms with Crippen molar-refractivity contribution < 1.29 is 13.2 Å². The molecule has 2 aromatic heterocycles. The van der Waals surface area contributed by atoms with Crippen LogP contribution >= 0.6 is 11.6 Å². The van der Waals surface area contributed by atoms with Crippen LogP contribution in [0, 0.1) is 5.92 Å². The number of piperazine rings is 1. The van der Waals surface area contributed by atoms with Crippen LogP contribution in [0.4, 0.5) is 13.2 Å². The topological polar surface area (TPSA) is 45.5 Å². The first-order valence-corrected chi connectivity index (χ1v) is 10.9. The molecule has 1 aliphatic carbocycles. The van der Waals surface area contributed by atoms with E-state index in [0.29, 0.717) is 35.3 Å². The summed E-state index contributed by atoms with van der Waals surface area (Å²) in [6, 6.07) is 6.66. The van der Waals surface area contributed by atoms with Gasteiger partial charge in [0.15, 0.2) is 5.65 Å². The third kappa shape index (κ3) is 4.29. The van der Waals surface area contributed by atoms with Crippen molar-refractivity contribution in [2.24, 2.45) is 5.92 Å². The van der Waals surface area contributed by atoms with Gasteiger partial charge in [-0.15, -0.1) is 10.2 Å². The van der Waals surface area contributed by atoms with Gasteiger partial charge in [0, 0.05) is 50.4 Å². The molecule has 1 N–H and O–H groups in total. The Bertz CT molecular complexity index is 1100. The van der Waals surface area contributed by atoms with Crippen LogP contribution in [0.25, 0.3) is 16.8 Å². The van der Waals surface area contributed by atoms with Gasteiger partial charge in [-0.25, -0.2) is 0 Å². The second kappa shape index (κ2) is 8.07. The Kier molecular flexibility index (Phi) is 5.40. The quantitative estimate of drug-likeness (QED) is 0.626. The van der Waals surface area contributed by atoms with E-state index >= 15 is 0 Å². The SMILES string of the molecule is FC(F)(F)c1c(-c2ccc(CN3CCNCC3)c(Cl)c2)ccn2c(CC3CC3)nnc12. The van der Waals surface area contributed by atoms with Gasteiger partial charge in [-0.1, -0.05) is 23.7 Å². The Labute approximate surface area is 183 Å². The number of halogens is 4. The second-order valence-corrected chi connectivity index (χ2v) is 8.80. The maximum absolute atomic E-state index is 14.1. The maximum atomic E-state index is 14.1. The number of hydrogen-bond acceptors (Lipinski definition) is 4. The van der Waals surface area contributed by atoms with Crippen molar-refractivity contribution in [3.8, 4) is 11.1 Å². The molecule has 0 bridgehead atoms. The van der Waals surface area contributed by atoms with Gasteiger partial charge in [-0.3, -0.25) is 9.30 Å². The normalized spacial score (nSPS) is 18.1. The summed E-state index contributed by atoms with van der Waals surface area (Å²) >= 11 is 6.49. The Morgan fingerprint density at radius 2 is 1.87 bits per heavy atom. The fourth-order valence-electron chi connectivity index (χ4n) is 4.20. The zero-order valence-electron chi connectivity index (χ0n) is 16.9. The van der Waals surface area contributed by atoms with Crippen molar-refractivity contribution in [1.29, 1.82) is 0 Å². The van der Waals surface area contributed by atoms with Crippen LogP contribution in [0.1, 0.15) is 29.8 Å². The summed E-state index contributed by atoms with van der Waals surface area (Å²) in [4.78, 5) is 2.28. The summed E-state index contributed by atoms with van der Waals surface area (Å²) in [6.45, 7) is 4.37. The predicted octanol–water partition coefficient (Wildman–Crippen LogP) is 4.43. The van der Waals surface area contributed by atoms with E-state index in [2.05, 4.69) is 20.4 Å². The number of hydrogen-bond donors (Lipinski definition) is 1. The third-order valence-electron chi connectivity index (χ3n) is 6.07. The highest BCUT2D eigenvalue weighted by Gasteiger charge is 2.38. The minimum absolute atomic E-state index is 0.0704. The van der Waals surface area contributed by atoms with Crippen LogP contribution in [0.3, 0.4) is 0 Å². The van der Waals surface area contributed by atoms with Crippen LogP contribution in [0.15, 0.2) is 30.5 Å². The highest BCUT2D eigenvalue weighted by atomic mass is 35.5. The lowest BCUT2D eigenvalue weighted by atomic mass is 9.99. The van der Waals surface area contributed by atoms with Gasteiger partial charge >= 0.3 is 6.18 Å². The van der Waals surface area contributed by atoms with Crippen molar-refractivity contribution in [3.63, 3.8) is 0 Å². The molecule has 5 rings (SSSR count). The minimum Gasteiger partial charge on any atom is -0.314 e. The number of aromatic nitrogens is 3. The molecule has 2 fully saturated rings. The third-order valence-corrected chi connectivity index (χ3v) is 6.42. The van der Waals surface area contributed by atoms with Crippen molar-refractivity contribution in [2.75, 3.05) is 26.2 Å². The molecule has 1 aromatic carbocycles. The van der Waals surface area contributed by atoms with Crippen molar-refractivity contribution in [2.45, 2.75) is 32.0 Å². The number of benzene rings is 1. The van der Waals surface area contributed by atoms with Crippen LogP contribution in [-0.2, 0) is 19.1 Å². The first-order valence-electron chi connectivity index (χ1n) is 10.6. The summed E-state index contributed by atoms with van der Waals surface area (Å²) in [5.41, 5.74) is 0.491. The van der Waals surface area contributed by atoms with Crippen molar-refractivity contribution in [1.82, 2.24) is 24.8 Å². The highest BCUT2D eigenvalue weighted by Crippen LogP contribution is 2.41. The summed E-state index contributed by atoms with van der Waals surface area (Å²) in [5.74, 6) is 1.09. The van der Waals surface area contributed by atoms with Crippen molar-refractivity contribution >= 4 is 17.2 Å². The molecular formula is C22H23ClF3N5. The molecule has 0 radical (unpaired) electrons. The molecule has 164 valence electrons. The Morgan fingerprint density at radius 3 is 2.55 bits per heavy atom. The van der Waals surface area contributed by atoms with Gasteiger partial charge < -0.3 is 5.32 Å². The number of fused-ring (bicyclic) bond motifs is 1. The van der Waals surface area contributed by atoms with E-state index < -0.39 is 11.7 Å². The van der Waals surface area contributed by atoms with Crippen LogP contribution in [0.2, 0.25) is 5.02 Å². The second-order valence-electron chi connectivity index (χ2n) is 8.39. The molecule has 2 aliphatic rings. The van der Waals surface area contributed by atoms with Crippen LogP contribution in [0.5, 0.6) is 0 Å². The monoisotopic (exact) mass is 449 g/mol. The standard InChI is InChI=1S/C22H23ClF3N5/c23-18-12-15(3-4-16(18)13-30-9-6-27-7-10-30)17-5-8-31-19(11-14-1-2-14)28-29-21(31)20(17)22(24,25)26/h3-5,8,12,14,27H,1-2,6-7,9-11,13H2. The largest absolute Gasteiger partial charge is 0.420 e. The fourth-order valence-corrected chi connectivity index (χ4v) is 4.44. The molecular weight excluding hydrogens is 427 g/mol. The zero-order valence-corrected chi connectivity index (χ0v) is 17.7. The minimum atomic E-state index is -4.56. The van der Waals surface area contributed by atoms with E-state index in [9.17, 15) is 13.2 Å². The Hall–Kier alpha value is -2.16. The van der Waals surface area contributed by atoms with E-state index in [1.807, 2.05) is 6.07 Å². The van der Waals surface area contributed by atoms with E-state index in [4.69, 9.17) is 11.6 Å². The highest BCUT2D eigenvalue weighted by molar-refractivity contribution is 6.31. The first-order chi connectivity index (χ1) is 14.9. The average Bonchev–Trinajstić information content (AvgIpc) is 3.47. The molecule has 0 spiro atoms. The van der Waals surface area contributed by atoms with Crippen molar-refractivity contribution in [3.05, 3.63) is 52.4 Å². The van der Waals surface area contributed by atoms with Gasteiger partial charge in [0.1, 0.15) is 11.4 Å².